The minimum absolute atomic E-state index is 0. The van der Waals surface area contributed by atoms with Crippen molar-refractivity contribution in [1.29, 1.82) is 0 Å². The zero-order valence-corrected chi connectivity index (χ0v) is 18.3. The van der Waals surface area contributed by atoms with Gasteiger partial charge in [-0.15, -0.1) is 0 Å². The van der Waals surface area contributed by atoms with Crippen molar-refractivity contribution in [3.05, 3.63) is 11.6 Å². The summed E-state index contributed by atoms with van der Waals surface area (Å²) >= 11 is 0. The van der Waals surface area contributed by atoms with E-state index in [1.54, 1.807) is 0 Å². The summed E-state index contributed by atoms with van der Waals surface area (Å²) in [7, 11) is 2.62. The van der Waals surface area contributed by atoms with Crippen LogP contribution in [0.25, 0.3) is 0 Å². The number of hydrogen-bond donors (Lipinski definition) is 0. The first-order valence-electron chi connectivity index (χ1n) is 11.0. The number of ketones is 1. The van der Waals surface area contributed by atoms with Crippen molar-refractivity contribution in [1.82, 2.24) is 0 Å². The molecule has 0 radical (unpaired) electrons. The van der Waals surface area contributed by atoms with Crippen molar-refractivity contribution < 1.29 is 33.3 Å². The molecule has 0 heterocycles. The second kappa shape index (κ2) is 8.47. The van der Waals surface area contributed by atoms with E-state index in [0.29, 0.717) is 24.5 Å². The normalized spacial score (nSPS) is 40.8. The molecule has 174 valence electrons. The average Bonchev–Trinajstić information content (AvgIpc) is 3.03. The van der Waals surface area contributed by atoms with E-state index >= 15 is 0 Å². The van der Waals surface area contributed by atoms with Crippen molar-refractivity contribution in [3.8, 4) is 0 Å². The highest BCUT2D eigenvalue weighted by Crippen LogP contribution is 2.64. The number of Topliss-reactive ketones (excluding diaryl/α,β-unsaturated/α-hetero) is 1. The van der Waals surface area contributed by atoms with Gasteiger partial charge in [0.1, 0.15) is 18.0 Å². The zero-order chi connectivity index (χ0) is 21.7. The molecule has 3 unspecified atom stereocenters. The first-order valence-corrected chi connectivity index (χ1v) is 11.0. The number of carbonyl (C=O) groups excluding carboxylic acids is 3. The Labute approximate surface area is 184 Å². The van der Waals surface area contributed by atoms with Gasteiger partial charge in [-0.05, 0) is 55.4 Å². The molecular formula is C24H36O7. The summed E-state index contributed by atoms with van der Waals surface area (Å²) in [4.78, 5) is 36.4. The Bertz CT molecular complexity index is 774. The van der Waals surface area contributed by atoms with Crippen LogP contribution in [-0.2, 0) is 23.7 Å². The maximum absolute atomic E-state index is 12.7. The lowest BCUT2D eigenvalue weighted by molar-refractivity contribution is -0.136. The zero-order valence-electron chi connectivity index (χ0n) is 18.3. The Morgan fingerprint density at radius 1 is 0.935 bits per heavy atom. The molecule has 0 amide bonds. The molecule has 0 bridgehead atoms. The fourth-order valence-corrected chi connectivity index (χ4v) is 6.92. The van der Waals surface area contributed by atoms with Crippen molar-refractivity contribution in [2.75, 3.05) is 14.2 Å². The van der Waals surface area contributed by atoms with E-state index in [2.05, 4.69) is 24.7 Å². The van der Waals surface area contributed by atoms with Crippen LogP contribution >= 0.6 is 0 Å². The Morgan fingerprint density at radius 2 is 1.55 bits per heavy atom. The first-order chi connectivity index (χ1) is 14.2. The number of methoxy groups -OCH3 is 2. The van der Waals surface area contributed by atoms with Crippen LogP contribution in [-0.4, -0.2) is 44.5 Å². The van der Waals surface area contributed by atoms with Crippen LogP contribution in [0.1, 0.15) is 66.2 Å². The SMILES string of the molecule is C.COC(=O)O[C@H]1CC[C@@]2(C)C(=C[C@H](OC(=O)OC)C3C2CC[C@]2(C)C(=O)CCC32)C1. The highest BCUT2D eigenvalue weighted by Gasteiger charge is 2.61. The molecule has 4 aliphatic carbocycles. The molecule has 3 fully saturated rings. The van der Waals surface area contributed by atoms with Gasteiger partial charge in [-0.25, -0.2) is 9.59 Å². The highest BCUT2D eigenvalue weighted by molar-refractivity contribution is 5.87. The van der Waals surface area contributed by atoms with Gasteiger partial charge in [-0.3, -0.25) is 4.79 Å². The van der Waals surface area contributed by atoms with E-state index in [1.807, 2.05) is 0 Å². The molecular weight excluding hydrogens is 400 g/mol. The van der Waals surface area contributed by atoms with Gasteiger partial charge in [0.25, 0.3) is 0 Å². The molecule has 7 nitrogen and oxygen atoms in total. The summed E-state index contributed by atoms with van der Waals surface area (Å²) in [6.07, 6.45) is 5.56. The number of rotatable bonds is 2. The molecule has 0 aliphatic heterocycles. The van der Waals surface area contributed by atoms with Gasteiger partial charge in [0.15, 0.2) is 0 Å². The fraction of sp³-hybridized carbons (Fsp3) is 0.792. The quantitative estimate of drug-likeness (QED) is 0.441. The van der Waals surface area contributed by atoms with E-state index < -0.39 is 18.4 Å². The molecule has 7 heteroatoms. The second-order valence-corrected chi connectivity index (χ2v) is 9.79. The maximum atomic E-state index is 12.7. The monoisotopic (exact) mass is 436 g/mol. The molecule has 0 aromatic rings. The standard InChI is InChI=1S/C23H32O7.CH4/c1-22-9-7-14(29-20(25)27-3)11-13(22)12-17(30-21(26)28-4)19-15-5-6-18(24)23(15,2)10-8-16(19)22;/h12,14-17,19H,5-11H2,1-4H3;1H4/t14-,15?,16?,17-,19?,22-,23-;/m0./s1. The Hall–Kier alpha value is -2.05. The summed E-state index contributed by atoms with van der Waals surface area (Å²) in [5.41, 5.74) is 0.792. The minimum Gasteiger partial charge on any atom is -0.438 e. The van der Waals surface area contributed by atoms with Crippen LogP contribution in [0.15, 0.2) is 11.6 Å². The Balaban J connectivity index is 0.00000272. The van der Waals surface area contributed by atoms with Gasteiger partial charge >= 0.3 is 12.3 Å². The third-order valence-electron chi connectivity index (χ3n) is 8.60. The lowest BCUT2D eigenvalue weighted by Crippen LogP contribution is -2.55. The first kappa shape index (κ1) is 23.6. The van der Waals surface area contributed by atoms with E-state index in [0.717, 1.165) is 32.1 Å². The topological polar surface area (TPSA) is 88.1 Å². The van der Waals surface area contributed by atoms with Crippen molar-refractivity contribution in [2.45, 2.75) is 78.4 Å². The molecule has 4 aliphatic rings. The van der Waals surface area contributed by atoms with Gasteiger partial charge in [-0.2, -0.15) is 0 Å². The van der Waals surface area contributed by atoms with Gasteiger partial charge in [0.05, 0.1) is 14.2 Å². The lowest BCUT2D eigenvalue weighted by Gasteiger charge is -2.58. The third kappa shape index (κ3) is 3.74. The number of fused-ring (bicyclic) bond motifs is 5. The largest absolute Gasteiger partial charge is 0.508 e. The van der Waals surface area contributed by atoms with Gasteiger partial charge in [0, 0.05) is 24.2 Å². The van der Waals surface area contributed by atoms with Gasteiger partial charge in [0.2, 0.25) is 0 Å². The average molecular weight is 437 g/mol. The number of carbonyl (C=O) groups is 3. The third-order valence-corrected chi connectivity index (χ3v) is 8.60. The molecule has 0 N–H and O–H groups in total. The highest BCUT2D eigenvalue weighted by atomic mass is 16.7. The molecule has 0 aromatic heterocycles. The van der Waals surface area contributed by atoms with Crippen LogP contribution in [0.4, 0.5) is 9.59 Å². The van der Waals surface area contributed by atoms with Crippen molar-refractivity contribution in [3.63, 3.8) is 0 Å². The molecule has 0 spiro atoms. The summed E-state index contributed by atoms with van der Waals surface area (Å²) in [6, 6.07) is 0. The molecule has 4 rings (SSSR count). The van der Waals surface area contributed by atoms with Crippen LogP contribution in [0.5, 0.6) is 0 Å². The van der Waals surface area contributed by atoms with Gasteiger partial charge < -0.3 is 18.9 Å². The molecule has 31 heavy (non-hydrogen) atoms. The minimum atomic E-state index is -0.700. The molecule has 0 aromatic carbocycles. The van der Waals surface area contributed by atoms with E-state index in [1.165, 1.54) is 19.8 Å². The summed E-state index contributed by atoms with van der Waals surface area (Å²) in [5, 5.41) is 0. The lowest BCUT2D eigenvalue weighted by atomic mass is 9.47. The molecule has 0 saturated heterocycles. The summed E-state index contributed by atoms with van der Waals surface area (Å²) in [5.74, 6) is 0.964. The second-order valence-electron chi connectivity index (χ2n) is 9.79. The van der Waals surface area contributed by atoms with Crippen molar-refractivity contribution in [2.24, 2.45) is 28.6 Å². The number of ether oxygens (including phenoxy) is 4. The van der Waals surface area contributed by atoms with Crippen molar-refractivity contribution >= 4 is 18.1 Å². The fourth-order valence-electron chi connectivity index (χ4n) is 6.92. The van der Waals surface area contributed by atoms with E-state index in [9.17, 15) is 14.4 Å². The van der Waals surface area contributed by atoms with E-state index in [4.69, 9.17) is 14.2 Å². The smallest absolute Gasteiger partial charge is 0.438 e. The number of hydrogen-bond acceptors (Lipinski definition) is 7. The van der Waals surface area contributed by atoms with E-state index in [-0.39, 0.29) is 36.2 Å². The predicted octanol–water partition coefficient (Wildman–Crippen LogP) is 5.07. The van der Waals surface area contributed by atoms with Gasteiger partial charge in [-0.1, -0.05) is 26.8 Å². The Kier molecular flexibility index (Phi) is 6.45. The van der Waals surface area contributed by atoms with Crippen LogP contribution in [0.2, 0.25) is 0 Å². The molecule has 3 saturated carbocycles. The summed E-state index contributed by atoms with van der Waals surface area (Å²) < 4.78 is 20.6. The van der Waals surface area contributed by atoms with Crippen LogP contribution in [0.3, 0.4) is 0 Å². The maximum Gasteiger partial charge on any atom is 0.508 e. The summed E-state index contributed by atoms with van der Waals surface area (Å²) in [6.45, 7) is 4.39. The van der Waals surface area contributed by atoms with Crippen LogP contribution < -0.4 is 0 Å². The molecule has 7 atom stereocenters. The van der Waals surface area contributed by atoms with Crippen LogP contribution in [0, 0.1) is 28.6 Å². The Morgan fingerprint density at radius 3 is 2.23 bits per heavy atom. The predicted molar refractivity (Wildman–Crippen MR) is 113 cm³/mol.